The van der Waals surface area contributed by atoms with E-state index >= 15 is 0 Å². The van der Waals surface area contributed by atoms with E-state index in [0.717, 1.165) is 36.8 Å². The molecule has 1 aliphatic heterocycles. The van der Waals surface area contributed by atoms with Gasteiger partial charge in [0.25, 0.3) is 0 Å². The largest absolute Gasteiger partial charge is 0.399 e. The molecule has 2 aromatic rings. The molecule has 1 fully saturated rings. The smallest absolute Gasteiger partial charge is 0.356 e. The van der Waals surface area contributed by atoms with Crippen molar-refractivity contribution in [1.29, 1.82) is 0 Å². The minimum Gasteiger partial charge on any atom is -0.356 e. The van der Waals surface area contributed by atoms with Crippen LogP contribution >= 0.6 is 0 Å². The molecule has 0 saturated carbocycles. The van der Waals surface area contributed by atoms with Crippen molar-refractivity contribution in [2.45, 2.75) is 38.1 Å². The van der Waals surface area contributed by atoms with Crippen molar-refractivity contribution in [3.8, 4) is 11.8 Å². The summed E-state index contributed by atoms with van der Waals surface area (Å²) in [6, 6.07) is 5.30. The van der Waals surface area contributed by atoms with Crippen LogP contribution in [-0.4, -0.2) is 22.6 Å². The number of ether oxygens (including phenoxy) is 1. The maximum atomic E-state index is 12.1. The van der Waals surface area contributed by atoms with Crippen LogP contribution in [0.3, 0.4) is 0 Å². The van der Waals surface area contributed by atoms with Gasteiger partial charge in [-0.3, -0.25) is 0 Å². The lowest BCUT2D eigenvalue weighted by atomic mass is 10.1. The number of alkyl halides is 3. The first-order chi connectivity index (χ1) is 10.5. The number of nitrogens with zero attached hydrogens (tertiary/aromatic N) is 2. The SMILES string of the molecule is FC(F)(F)CC#Cc1ccc2c(cnn2C2CCCCO2)c1. The Bertz CT molecular complexity index is 718. The van der Waals surface area contributed by atoms with Crippen LogP contribution in [0.4, 0.5) is 13.2 Å². The van der Waals surface area contributed by atoms with E-state index < -0.39 is 12.6 Å². The summed E-state index contributed by atoms with van der Waals surface area (Å²) in [7, 11) is 0. The molecule has 3 nitrogen and oxygen atoms in total. The van der Waals surface area contributed by atoms with Crippen molar-refractivity contribution < 1.29 is 17.9 Å². The third kappa shape index (κ3) is 3.42. The topological polar surface area (TPSA) is 27.1 Å². The summed E-state index contributed by atoms with van der Waals surface area (Å²) < 4.78 is 43.8. The molecule has 0 spiro atoms. The Balaban J connectivity index is 1.83. The molecule has 1 unspecified atom stereocenters. The lowest BCUT2D eigenvalue weighted by molar-refractivity contribution is -0.123. The van der Waals surface area contributed by atoms with Crippen molar-refractivity contribution >= 4 is 10.9 Å². The average Bonchev–Trinajstić information content (AvgIpc) is 2.90. The van der Waals surface area contributed by atoms with Crippen molar-refractivity contribution in [1.82, 2.24) is 9.78 Å². The van der Waals surface area contributed by atoms with E-state index in [0.29, 0.717) is 5.56 Å². The Labute approximate surface area is 126 Å². The summed E-state index contributed by atoms with van der Waals surface area (Å²) in [5.74, 6) is 4.69. The van der Waals surface area contributed by atoms with Crippen molar-refractivity contribution in [2.75, 3.05) is 6.61 Å². The molecule has 1 aromatic heterocycles. The van der Waals surface area contributed by atoms with E-state index in [1.165, 1.54) is 0 Å². The van der Waals surface area contributed by atoms with E-state index in [1.54, 1.807) is 18.3 Å². The van der Waals surface area contributed by atoms with Gasteiger partial charge in [-0.05, 0) is 37.5 Å². The average molecular weight is 308 g/mol. The predicted octanol–water partition coefficient (Wildman–Crippen LogP) is 4.04. The Morgan fingerprint density at radius 2 is 2.18 bits per heavy atom. The van der Waals surface area contributed by atoms with Crippen LogP contribution in [0.1, 0.15) is 37.5 Å². The molecule has 1 atom stereocenters. The molecular formula is C16H15F3N2O. The summed E-state index contributed by atoms with van der Waals surface area (Å²) in [5.41, 5.74) is 1.47. The van der Waals surface area contributed by atoms with Gasteiger partial charge in [0.2, 0.25) is 0 Å². The van der Waals surface area contributed by atoms with Crippen molar-refractivity contribution in [2.24, 2.45) is 0 Å². The fourth-order valence-electron chi connectivity index (χ4n) is 2.52. The van der Waals surface area contributed by atoms with Crippen LogP contribution in [0.2, 0.25) is 0 Å². The Morgan fingerprint density at radius 1 is 1.32 bits per heavy atom. The molecule has 116 valence electrons. The van der Waals surface area contributed by atoms with E-state index in [9.17, 15) is 13.2 Å². The molecule has 0 bridgehead atoms. The summed E-state index contributed by atoms with van der Waals surface area (Å²) in [4.78, 5) is 0. The van der Waals surface area contributed by atoms with E-state index in [4.69, 9.17) is 4.74 Å². The van der Waals surface area contributed by atoms with Crippen LogP contribution in [-0.2, 0) is 4.74 Å². The third-order valence-electron chi connectivity index (χ3n) is 3.55. The number of hydrogen-bond donors (Lipinski definition) is 0. The molecule has 1 aromatic carbocycles. The fourth-order valence-corrected chi connectivity index (χ4v) is 2.52. The Kier molecular flexibility index (Phi) is 4.08. The van der Waals surface area contributed by atoms with Gasteiger partial charge in [0.1, 0.15) is 6.42 Å². The monoisotopic (exact) mass is 308 g/mol. The first-order valence-electron chi connectivity index (χ1n) is 7.17. The highest BCUT2D eigenvalue weighted by atomic mass is 19.4. The minimum atomic E-state index is -4.25. The molecule has 0 aliphatic carbocycles. The molecule has 1 aliphatic rings. The van der Waals surface area contributed by atoms with Gasteiger partial charge in [0.05, 0.1) is 11.7 Å². The van der Waals surface area contributed by atoms with Gasteiger partial charge in [-0.2, -0.15) is 18.3 Å². The molecule has 0 amide bonds. The highest BCUT2D eigenvalue weighted by molar-refractivity contribution is 5.80. The van der Waals surface area contributed by atoms with Crippen LogP contribution in [0, 0.1) is 11.8 Å². The van der Waals surface area contributed by atoms with Gasteiger partial charge in [-0.25, -0.2) is 4.68 Å². The van der Waals surface area contributed by atoms with Gasteiger partial charge >= 0.3 is 6.18 Å². The zero-order chi connectivity index (χ0) is 15.6. The van der Waals surface area contributed by atoms with Gasteiger partial charge in [0.15, 0.2) is 6.23 Å². The zero-order valence-corrected chi connectivity index (χ0v) is 11.9. The highest BCUT2D eigenvalue weighted by Gasteiger charge is 2.25. The predicted molar refractivity (Wildman–Crippen MR) is 76.1 cm³/mol. The summed E-state index contributed by atoms with van der Waals surface area (Å²) in [6.45, 7) is 0.729. The Hall–Kier alpha value is -2.00. The quantitative estimate of drug-likeness (QED) is 0.743. The molecule has 0 N–H and O–H groups in total. The Morgan fingerprint density at radius 3 is 2.91 bits per heavy atom. The molecular weight excluding hydrogens is 293 g/mol. The van der Waals surface area contributed by atoms with Crippen molar-refractivity contribution in [3.05, 3.63) is 30.0 Å². The summed E-state index contributed by atoms with van der Waals surface area (Å²) >= 11 is 0. The molecule has 6 heteroatoms. The lowest BCUT2D eigenvalue weighted by Crippen LogP contribution is -2.18. The molecule has 0 radical (unpaired) electrons. The molecule has 22 heavy (non-hydrogen) atoms. The first kappa shape index (κ1) is 14.9. The maximum absolute atomic E-state index is 12.1. The fraction of sp³-hybridized carbons (Fsp3) is 0.438. The summed E-state index contributed by atoms with van der Waals surface area (Å²) in [5, 5.41) is 5.20. The lowest BCUT2D eigenvalue weighted by Gasteiger charge is -2.23. The van der Waals surface area contributed by atoms with Crippen LogP contribution in [0.25, 0.3) is 10.9 Å². The van der Waals surface area contributed by atoms with E-state index in [-0.39, 0.29) is 6.23 Å². The normalized spacial score (nSPS) is 19.0. The summed E-state index contributed by atoms with van der Waals surface area (Å²) in [6.07, 6.45) is -0.623. The van der Waals surface area contributed by atoms with E-state index in [1.807, 2.05) is 10.7 Å². The number of fused-ring (bicyclic) bond motifs is 1. The molecule has 3 rings (SSSR count). The second kappa shape index (κ2) is 6.01. The van der Waals surface area contributed by atoms with E-state index in [2.05, 4.69) is 16.9 Å². The number of halogens is 3. The van der Waals surface area contributed by atoms with Gasteiger partial charge in [0, 0.05) is 17.6 Å². The van der Waals surface area contributed by atoms with Gasteiger partial charge < -0.3 is 4.74 Å². The number of rotatable bonds is 1. The maximum Gasteiger partial charge on any atom is 0.399 e. The highest BCUT2D eigenvalue weighted by Crippen LogP contribution is 2.26. The second-order valence-corrected chi connectivity index (χ2v) is 5.28. The number of aromatic nitrogens is 2. The number of hydrogen-bond acceptors (Lipinski definition) is 2. The second-order valence-electron chi connectivity index (χ2n) is 5.28. The molecule has 2 heterocycles. The van der Waals surface area contributed by atoms with Crippen LogP contribution < -0.4 is 0 Å². The zero-order valence-electron chi connectivity index (χ0n) is 11.9. The standard InChI is InChI=1S/C16H15F3N2O/c17-16(18,19)8-3-4-12-6-7-14-13(10-12)11-20-21(14)15-5-1-2-9-22-15/h6-7,10-11,15H,1-2,5,8-9H2. The first-order valence-corrected chi connectivity index (χ1v) is 7.17. The van der Waals surface area contributed by atoms with Gasteiger partial charge in [-0.15, -0.1) is 0 Å². The van der Waals surface area contributed by atoms with Crippen LogP contribution in [0.15, 0.2) is 24.4 Å². The van der Waals surface area contributed by atoms with Crippen molar-refractivity contribution in [3.63, 3.8) is 0 Å². The molecule has 1 saturated heterocycles. The van der Waals surface area contributed by atoms with Gasteiger partial charge in [-0.1, -0.05) is 11.8 Å². The van der Waals surface area contributed by atoms with Crippen LogP contribution in [0.5, 0.6) is 0 Å². The number of benzene rings is 1. The minimum absolute atomic E-state index is 0.0617. The third-order valence-corrected chi connectivity index (χ3v) is 3.55.